The molecule has 21 heavy (non-hydrogen) atoms. The van der Waals surface area contributed by atoms with Crippen LogP contribution in [0.2, 0.25) is 0 Å². The molecule has 1 fully saturated rings. The third-order valence-electron chi connectivity index (χ3n) is 3.55. The first-order valence-corrected chi connectivity index (χ1v) is 6.90. The fraction of sp³-hybridized carbons (Fsp3) is 0.467. The van der Waals surface area contributed by atoms with E-state index in [1.165, 1.54) is 4.90 Å². The predicted molar refractivity (Wildman–Crippen MR) is 80.3 cm³/mol. The molecule has 2 N–H and O–H groups in total. The molecule has 114 valence electrons. The molecule has 1 aromatic carbocycles. The van der Waals surface area contributed by atoms with Crippen LogP contribution in [0.1, 0.15) is 16.8 Å². The van der Waals surface area contributed by atoms with Crippen LogP contribution in [-0.4, -0.2) is 56.6 Å². The molecule has 1 aromatic rings. The average molecular weight is 291 g/mol. The lowest BCUT2D eigenvalue weighted by Crippen LogP contribution is -2.35. The van der Waals surface area contributed by atoms with Gasteiger partial charge in [-0.2, -0.15) is 0 Å². The van der Waals surface area contributed by atoms with E-state index in [-0.39, 0.29) is 24.0 Å². The van der Waals surface area contributed by atoms with Crippen molar-refractivity contribution in [1.82, 2.24) is 10.2 Å². The highest BCUT2D eigenvalue weighted by Gasteiger charge is 2.29. The fourth-order valence-electron chi connectivity index (χ4n) is 2.27. The van der Waals surface area contributed by atoms with E-state index in [0.717, 1.165) is 0 Å². The summed E-state index contributed by atoms with van der Waals surface area (Å²) >= 11 is 0. The Bertz CT molecular complexity index is 513. The summed E-state index contributed by atoms with van der Waals surface area (Å²) in [5.74, 6) is -0.144. The second-order valence-corrected chi connectivity index (χ2v) is 5.32. The van der Waals surface area contributed by atoms with Crippen LogP contribution in [0.5, 0.6) is 0 Å². The zero-order chi connectivity index (χ0) is 15.4. The first kappa shape index (κ1) is 15.5. The molecule has 2 rings (SSSR count). The maximum Gasteiger partial charge on any atom is 0.253 e. The topological polar surface area (TPSA) is 70.7 Å². The van der Waals surface area contributed by atoms with Gasteiger partial charge in [-0.15, -0.1) is 0 Å². The maximum atomic E-state index is 12.1. The van der Waals surface area contributed by atoms with Crippen molar-refractivity contribution in [3.05, 3.63) is 29.8 Å². The van der Waals surface area contributed by atoms with Crippen molar-refractivity contribution >= 4 is 17.5 Å². The number of benzene rings is 1. The van der Waals surface area contributed by atoms with Gasteiger partial charge in [0.1, 0.15) is 0 Å². The number of amides is 2. The number of carbonyl (C=O) groups excluding carboxylic acids is 2. The fourth-order valence-corrected chi connectivity index (χ4v) is 2.27. The van der Waals surface area contributed by atoms with Crippen LogP contribution in [0.4, 0.5) is 5.69 Å². The third-order valence-corrected chi connectivity index (χ3v) is 3.55. The minimum atomic E-state index is -0.238. The number of hydrogen-bond acceptors (Lipinski definition) is 4. The molecule has 6 nitrogen and oxygen atoms in total. The Balaban J connectivity index is 1.94. The van der Waals surface area contributed by atoms with Crippen molar-refractivity contribution in [2.24, 2.45) is 0 Å². The van der Waals surface area contributed by atoms with E-state index < -0.39 is 0 Å². The number of ether oxygens (including phenoxy) is 1. The number of nitrogens with zero attached hydrogens (tertiary/aromatic N) is 1. The SMILES string of the molecule is COC1CNC(C(=O)Nc2ccc(C(=O)N(C)C)cc2)C1. The Morgan fingerprint density at radius 1 is 1.29 bits per heavy atom. The Morgan fingerprint density at radius 3 is 2.48 bits per heavy atom. The number of anilines is 1. The summed E-state index contributed by atoms with van der Waals surface area (Å²) < 4.78 is 5.22. The lowest BCUT2D eigenvalue weighted by molar-refractivity contribution is -0.118. The third kappa shape index (κ3) is 3.80. The van der Waals surface area contributed by atoms with Crippen LogP contribution in [0.3, 0.4) is 0 Å². The van der Waals surface area contributed by atoms with Gasteiger partial charge < -0.3 is 20.3 Å². The summed E-state index contributed by atoms with van der Waals surface area (Å²) in [6.45, 7) is 0.685. The summed E-state index contributed by atoms with van der Waals surface area (Å²) in [6, 6.07) is 6.64. The van der Waals surface area contributed by atoms with Gasteiger partial charge in [0, 0.05) is 39.0 Å². The van der Waals surface area contributed by atoms with Crippen molar-refractivity contribution < 1.29 is 14.3 Å². The molecule has 1 aliphatic heterocycles. The standard InChI is InChI=1S/C15H21N3O3/c1-18(2)15(20)10-4-6-11(7-5-10)17-14(19)13-8-12(21-3)9-16-13/h4-7,12-13,16H,8-9H2,1-3H3,(H,17,19). The van der Waals surface area contributed by atoms with Crippen LogP contribution in [-0.2, 0) is 9.53 Å². The van der Waals surface area contributed by atoms with Crippen molar-refractivity contribution in [1.29, 1.82) is 0 Å². The normalized spacial score (nSPS) is 21.1. The highest BCUT2D eigenvalue weighted by molar-refractivity contribution is 5.97. The van der Waals surface area contributed by atoms with Gasteiger partial charge in [-0.3, -0.25) is 9.59 Å². The smallest absolute Gasteiger partial charge is 0.253 e. The van der Waals surface area contributed by atoms with Gasteiger partial charge in [-0.1, -0.05) is 0 Å². The molecule has 1 aliphatic rings. The number of rotatable bonds is 4. The van der Waals surface area contributed by atoms with Crippen molar-refractivity contribution in [3.8, 4) is 0 Å². The average Bonchev–Trinajstić information content (AvgIpc) is 2.96. The predicted octanol–water partition coefficient (Wildman–Crippen LogP) is 0.704. The molecule has 0 spiro atoms. The van der Waals surface area contributed by atoms with E-state index in [1.54, 1.807) is 45.5 Å². The van der Waals surface area contributed by atoms with Crippen molar-refractivity contribution in [3.63, 3.8) is 0 Å². The molecule has 2 atom stereocenters. The van der Waals surface area contributed by atoms with Gasteiger partial charge >= 0.3 is 0 Å². The van der Waals surface area contributed by atoms with Crippen LogP contribution < -0.4 is 10.6 Å². The number of methoxy groups -OCH3 is 1. The molecule has 2 unspecified atom stereocenters. The molecular formula is C15H21N3O3. The van der Waals surface area contributed by atoms with Crippen molar-refractivity contribution in [2.75, 3.05) is 33.1 Å². The van der Waals surface area contributed by atoms with E-state index in [0.29, 0.717) is 24.2 Å². The monoisotopic (exact) mass is 291 g/mol. The van der Waals surface area contributed by atoms with Gasteiger partial charge in [0.25, 0.3) is 5.91 Å². The van der Waals surface area contributed by atoms with Crippen LogP contribution in [0, 0.1) is 0 Å². The van der Waals surface area contributed by atoms with Crippen molar-refractivity contribution in [2.45, 2.75) is 18.6 Å². The number of nitrogens with one attached hydrogen (secondary N) is 2. The van der Waals surface area contributed by atoms with Crippen LogP contribution in [0.25, 0.3) is 0 Å². The summed E-state index contributed by atoms with van der Waals surface area (Å²) in [5.41, 5.74) is 1.27. The molecule has 0 radical (unpaired) electrons. The molecule has 0 aliphatic carbocycles. The Labute approximate surface area is 124 Å². The molecule has 2 amide bonds. The molecule has 0 bridgehead atoms. The van der Waals surface area contributed by atoms with Gasteiger partial charge in [-0.25, -0.2) is 0 Å². The maximum absolute atomic E-state index is 12.1. The Hall–Kier alpha value is -1.92. The Morgan fingerprint density at radius 2 is 1.95 bits per heavy atom. The molecule has 1 saturated heterocycles. The quantitative estimate of drug-likeness (QED) is 0.857. The lowest BCUT2D eigenvalue weighted by atomic mass is 10.1. The largest absolute Gasteiger partial charge is 0.380 e. The van der Waals surface area contributed by atoms with E-state index in [2.05, 4.69) is 10.6 Å². The molecule has 0 aromatic heterocycles. The van der Waals surface area contributed by atoms with Gasteiger partial charge in [0.15, 0.2) is 0 Å². The highest BCUT2D eigenvalue weighted by Crippen LogP contribution is 2.14. The second-order valence-electron chi connectivity index (χ2n) is 5.32. The summed E-state index contributed by atoms with van der Waals surface area (Å²) in [5, 5.41) is 5.97. The molecule has 6 heteroatoms. The van der Waals surface area contributed by atoms with Gasteiger partial charge in [0.05, 0.1) is 12.1 Å². The van der Waals surface area contributed by atoms with E-state index in [1.807, 2.05) is 0 Å². The molecule has 0 saturated carbocycles. The summed E-state index contributed by atoms with van der Waals surface area (Å²) in [4.78, 5) is 25.4. The van der Waals surface area contributed by atoms with E-state index in [4.69, 9.17) is 4.74 Å². The van der Waals surface area contributed by atoms with Crippen LogP contribution >= 0.6 is 0 Å². The lowest BCUT2D eigenvalue weighted by Gasteiger charge is -2.13. The van der Waals surface area contributed by atoms with Gasteiger partial charge in [-0.05, 0) is 30.7 Å². The molecule has 1 heterocycles. The zero-order valence-electron chi connectivity index (χ0n) is 12.6. The minimum absolute atomic E-state index is 0.0618. The van der Waals surface area contributed by atoms with Gasteiger partial charge in [0.2, 0.25) is 5.91 Å². The number of hydrogen-bond donors (Lipinski definition) is 2. The number of carbonyl (C=O) groups is 2. The first-order chi connectivity index (χ1) is 10.0. The second kappa shape index (κ2) is 6.69. The highest BCUT2D eigenvalue weighted by atomic mass is 16.5. The van der Waals surface area contributed by atoms with Crippen LogP contribution in [0.15, 0.2) is 24.3 Å². The minimum Gasteiger partial charge on any atom is -0.380 e. The van der Waals surface area contributed by atoms with E-state index >= 15 is 0 Å². The summed E-state index contributed by atoms with van der Waals surface area (Å²) in [6.07, 6.45) is 0.750. The first-order valence-electron chi connectivity index (χ1n) is 6.90. The van der Waals surface area contributed by atoms with E-state index in [9.17, 15) is 9.59 Å². The zero-order valence-corrected chi connectivity index (χ0v) is 12.6. The molecular weight excluding hydrogens is 270 g/mol. The summed E-state index contributed by atoms with van der Waals surface area (Å²) in [7, 11) is 5.05. The Kier molecular flexibility index (Phi) is 4.93.